The average Bonchev–Trinajstić information content (AvgIpc) is 3.26. The van der Waals surface area contributed by atoms with E-state index in [4.69, 9.17) is 9.47 Å². The Labute approximate surface area is 209 Å². The molecule has 2 aromatic carbocycles. The number of ether oxygens (including phenoxy) is 2. The van der Waals surface area contributed by atoms with Crippen molar-refractivity contribution in [2.75, 3.05) is 57.9 Å². The molecule has 1 atom stereocenters. The van der Waals surface area contributed by atoms with Crippen molar-refractivity contribution in [3.8, 4) is 5.75 Å². The Hall–Kier alpha value is -3.69. The second-order valence-corrected chi connectivity index (χ2v) is 9.01. The van der Waals surface area contributed by atoms with Crippen LogP contribution >= 0.6 is 0 Å². The van der Waals surface area contributed by atoms with Gasteiger partial charge in [0.05, 0.1) is 25.4 Å². The first-order valence-corrected chi connectivity index (χ1v) is 12.1. The molecule has 3 aliphatic rings. The van der Waals surface area contributed by atoms with Gasteiger partial charge in [-0.05, 0) is 37.3 Å². The van der Waals surface area contributed by atoms with Crippen molar-refractivity contribution < 1.29 is 29.0 Å². The third-order valence-electron chi connectivity index (χ3n) is 7.12. The van der Waals surface area contributed by atoms with Gasteiger partial charge in [-0.25, -0.2) is 0 Å². The summed E-state index contributed by atoms with van der Waals surface area (Å²) in [6.45, 7) is 5.56. The highest BCUT2D eigenvalue weighted by Gasteiger charge is 2.66. The van der Waals surface area contributed by atoms with E-state index in [1.807, 2.05) is 6.92 Å². The van der Waals surface area contributed by atoms with Crippen LogP contribution in [0.5, 0.6) is 5.75 Å². The second kappa shape index (κ2) is 9.40. The number of benzene rings is 2. The van der Waals surface area contributed by atoms with Crippen molar-refractivity contribution >= 4 is 29.0 Å². The summed E-state index contributed by atoms with van der Waals surface area (Å²) in [6.07, 6.45) is 0. The third kappa shape index (κ3) is 3.58. The number of Topliss-reactive ketones (excluding diaryl/α,β-unsaturated/α-hetero) is 1. The average molecular weight is 492 g/mol. The predicted octanol–water partition coefficient (Wildman–Crippen LogP) is 1.97. The smallest absolute Gasteiger partial charge is 0.296 e. The number of amides is 2. The van der Waals surface area contributed by atoms with Crippen LogP contribution in [0.2, 0.25) is 0 Å². The Morgan fingerprint density at radius 1 is 1.03 bits per heavy atom. The Kier molecular flexibility index (Phi) is 6.27. The van der Waals surface area contributed by atoms with Gasteiger partial charge in [-0.1, -0.05) is 18.2 Å². The quantitative estimate of drug-likeness (QED) is 0.375. The minimum absolute atomic E-state index is 0.151. The van der Waals surface area contributed by atoms with Crippen LogP contribution in [0.15, 0.2) is 54.1 Å². The number of fused-ring (bicyclic) bond motifs is 2. The molecule has 0 radical (unpaired) electrons. The maximum absolute atomic E-state index is 14.0. The van der Waals surface area contributed by atoms with Crippen molar-refractivity contribution in [1.29, 1.82) is 0 Å². The number of morpholine rings is 1. The van der Waals surface area contributed by atoms with E-state index in [-0.39, 0.29) is 17.9 Å². The molecule has 0 saturated carbocycles. The van der Waals surface area contributed by atoms with E-state index >= 15 is 0 Å². The van der Waals surface area contributed by atoms with Crippen LogP contribution in [0.1, 0.15) is 18.1 Å². The van der Waals surface area contributed by atoms with Gasteiger partial charge in [0.25, 0.3) is 17.6 Å². The fourth-order valence-corrected chi connectivity index (χ4v) is 5.36. The zero-order valence-electron chi connectivity index (χ0n) is 20.4. The Morgan fingerprint density at radius 3 is 2.42 bits per heavy atom. The van der Waals surface area contributed by atoms with Crippen molar-refractivity contribution in [2.45, 2.75) is 12.5 Å². The summed E-state index contributed by atoms with van der Waals surface area (Å²) in [5.74, 6) is -1.89. The van der Waals surface area contributed by atoms with Crippen LogP contribution in [-0.4, -0.2) is 85.6 Å². The molecule has 2 saturated heterocycles. The minimum atomic E-state index is -1.74. The third-order valence-corrected chi connectivity index (χ3v) is 7.12. The number of likely N-dealkylation sites (N-methyl/N-ethyl adjacent to an activating group) is 1. The Balaban J connectivity index is 1.66. The number of aliphatic hydroxyl groups is 1. The highest BCUT2D eigenvalue weighted by Crippen LogP contribution is 2.53. The van der Waals surface area contributed by atoms with E-state index in [0.717, 1.165) is 0 Å². The van der Waals surface area contributed by atoms with Crippen LogP contribution in [0.25, 0.3) is 5.76 Å². The van der Waals surface area contributed by atoms with Crippen molar-refractivity contribution in [3.63, 3.8) is 0 Å². The number of aliphatic hydroxyl groups excluding tert-OH is 1. The number of ketones is 1. The number of likely N-dealkylation sites (tertiary alicyclic amines) is 1. The van der Waals surface area contributed by atoms with Crippen LogP contribution < -0.4 is 9.64 Å². The number of carbonyl (C=O) groups is 3. The summed E-state index contributed by atoms with van der Waals surface area (Å²) in [4.78, 5) is 46.0. The maximum atomic E-state index is 14.0. The van der Waals surface area contributed by atoms with Crippen molar-refractivity contribution in [2.24, 2.45) is 0 Å². The summed E-state index contributed by atoms with van der Waals surface area (Å²) in [5, 5.41) is 11.5. The first-order chi connectivity index (χ1) is 17.4. The number of hydrogen-bond donors (Lipinski definition) is 1. The molecule has 36 heavy (non-hydrogen) atoms. The molecule has 0 unspecified atom stereocenters. The topological polar surface area (TPSA) is 99.6 Å². The molecule has 1 spiro atoms. The van der Waals surface area contributed by atoms with Gasteiger partial charge in [0, 0.05) is 50.0 Å². The molecule has 3 aliphatic heterocycles. The standard InChI is InChI=1S/C27H29N3O6/c1-3-36-19-10-8-18(9-11-19)23(31)22-24(32)25(33)30(13-12-29-14-16-35-17-15-29)27(22)20-6-4-5-7-21(20)28(2)26(27)34/h4-11,31H,3,12-17H2,1-2H3/t27-/m0/s1. The largest absolute Gasteiger partial charge is 0.507 e. The highest BCUT2D eigenvalue weighted by atomic mass is 16.5. The summed E-state index contributed by atoms with van der Waals surface area (Å²) < 4.78 is 10.9. The van der Waals surface area contributed by atoms with Gasteiger partial charge in [0.15, 0.2) is 5.54 Å². The minimum Gasteiger partial charge on any atom is -0.507 e. The van der Waals surface area contributed by atoms with E-state index in [0.29, 0.717) is 62.0 Å². The number of rotatable bonds is 6. The van der Waals surface area contributed by atoms with E-state index < -0.39 is 23.1 Å². The van der Waals surface area contributed by atoms with E-state index in [1.54, 1.807) is 55.6 Å². The van der Waals surface area contributed by atoms with Crippen LogP contribution in [-0.2, 0) is 24.7 Å². The number of anilines is 1. The van der Waals surface area contributed by atoms with E-state index in [9.17, 15) is 19.5 Å². The van der Waals surface area contributed by atoms with E-state index in [1.165, 1.54) is 9.80 Å². The van der Waals surface area contributed by atoms with Gasteiger partial charge in [0.1, 0.15) is 11.5 Å². The SMILES string of the molecule is CCOc1ccc(C(O)=C2C(=O)C(=O)N(CCN3CCOCC3)[C@]23C(=O)N(C)c2ccccc23)cc1. The summed E-state index contributed by atoms with van der Waals surface area (Å²) >= 11 is 0. The van der Waals surface area contributed by atoms with Crippen LogP contribution in [0, 0.1) is 0 Å². The normalized spacial score (nSPS) is 23.6. The molecular weight excluding hydrogens is 462 g/mol. The zero-order chi connectivity index (χ0) is 25.4. The second-order valence-electron chi connectivity index (χ2n) is 9.01. The molecule has 3 heterocycles. The molecule has 5 rings (SSSR count). The molecule has 0 aromatic heterocycles. The van der Waals surface area contributed by atoms with Gasteiger partial charge in [-0.2, -0.15) is 0 Å². The van der Waals surface area contributed by atoms with Gasteiger partial charge in [0.2, 0.25) is 0 Å². The molecular formula is C27H29N3O6. The summed E-state index contributed by atoms with van der Waals surface area (Å²) in [7, 11) is 1.62. The highest BCUT2D eigenvalue weighted by molar-refractivity contribution is 6.50. The van der Waals surface area contributed by atoms with Gasteiger partial charge >= 0.3 is 0 Å². The number of para-hydroxylation sites is 1. The Morgan fingerprint density at radius 2 is 1.72 bits per heavy atom. The predicted molar refractivity (Wildman–Crippen MR) is 133 cm³/mol. The molecule has 2 amide bonds. The lowest BCUT2D eigenvalue weighted by Gasteiger charge is -2.36. The first kappa shape index (κ1) is 24.0. The fraction of sp³-hybridized carbons (Fsp3) is 0.370. The number of carbonyl (C=O) groups excluding carboxylic acids is 3. The molecule has 188 valence electrons. The molecule has 2 fully saturated rings. The molecule has 1 N–H and O–H groups in total. The summed E-state index contributed by atoms with van der Waals surface area (Å²) in [5.41, 5.74) is -0.525. The molecule has 0 bridgehead atoms. The van der Waals surface area contributed by atoms with Gasteiger partial charge in [-0.15, -0.1) is 0 Å². The molecule has 2 aromatic rings. The lowest BCUT2D eigenvalue weighted by atomic mass is 9.82. The van der Waals surface area contributed by atoms with Gasteiger partial charge in [-0.3, -0.25) is 19.3 Å². The van der Waals surface area contributed by atoms with Crippen LogP contribution in [0.3, 0.4) is 0 Å². The Bertz CT molecular complexity index is 1230. The van der Waals surface area contributed by atoms with Crippen LogP contribution in [0.4, 0.5) is 5.69 Å². The molecule has 9 nitrogen and oxygen atoms in total. The summed E-state index contributed by atoms with van der Waals surface area (Å²) in [6, 6.07) is 13.7. The van der Waals surface area contributed by atoms with Crippen molar-refractivity contribution in [1.82, 2.24) is 9.80 Å². The molecule has 0 aliphatic carbocycles. The van der Waals surface area contributed by atoms with Gasteiger partial charge < -0.3 is 24.4 Å². The number of nitrogens with zero attached hydrogens (tertiary/aromatic N) is 3. The fourth-order valence-electron chi connectivity index (χ4n) is 5.36. The zero-order valence-corrected chi connectivity index (χ0v) is 20.4. The molecule has 9 heteroatoms. The first-order valence-electron chi connectivity index (χ1n) is 12.1. The lowest BCUT2D eigenvalue weighted by molar-refractivity contribution is -0.144. The number of hydrogen-bond acceptors (Lipinski definition) is 7. The van der Waals surface area contributed by atoms with Crippen molar-refractivity contribution in [3.05, 3.63) is 65.2 Å². The monoisotopic (exact) mass is 491 g/mol. The maximum Gasteiger partial charge on any atom is 0.296 e. The lowest BCUT2D eigenvalue weighted by Crippen LogP contribution is -2.53. The van der Waals surface area contributed by atoms with E-state index in [2.05, 4.69) is 4.90 Å².